The predicted molar refractivity (Wildman–Crippen MR) is 59.0 cm³/mol. The second kappa shape index (κ2) is 4.29. The molecule has 4 heteroatoms. The highest BCUT2D eigenvalue weighted by atomic mass is 16.1. The molecule has 0 aliphatic heterocycles. The standard InChI is InChI=1S/C11H15N3O/c1-2-3-4-5-9-8-14-10(13-9)6-7-12-11(14)15/h6-8H,2-5H2,1H3,(H,12,15). The summed E-state index contributed by atoms with van der Waals surface area (Å²) in [4.78, 5) is 18.4. The van der Waals surface area contributed by atoms with Gasteiger partial charge in [-0.3, -0.25) is 4.40 Å². The van der Waals surface area contributed by atoms with Gasteiger partial charge in [0.05, 0.1) is 5.69 Å². The summed E-state index contributed by atoms with van der Waals surface area (Å²) < 4.78 is 1.56. The number of hydrogen-bond donors (Lipinski definition) is 1. The van der Waals surface area contributed by atoms with Gasteiger partial charge in [-0.15, -0.1) is 0 Å². The van der Waals surface area contributed by atoms with E-state index in [4.69, 9.17) is 0 Å². The van der Waals surface area contributed by atoms with Crippen LogP contribution in [0.3, 0.4) is 0 Å². The van der Waals surface area contributed by atoms with Crippen LogP contribution in [-0.4, -0.2) is 14.4 Å². The third kappa shape index (κ3) is 2.09. The Kier molecular flexibility index (Phi) is 2.85. The van der Waals surface area contributed by atoms with Crippen molar-refractivity contribution >= 4 is 5.65 Å². The number of nitrogens with zero attached hydrogens (tertiary/aromatic N) is 2. The van der Waals surface area contributed by atoms with Gasteiger partial charge in [-0.2, -0.15) is 0 Å². The normalized spacial score (nSPS) is 11.0. The molecule has 2 heterocycles. The van der Waals surface area contributed by atoms with Crippen molar-refractivity contribution in [3.8, 4) is 0 Å². The molecule has 0 spiro atoms. The highest BCUT2D eigenvalue weighted by Crippen LogP contribution is 2.06. The molecule has 2 aromatic heterocycles. The Morgan fingerprint density at radius 2 is 2.33 bits per heavy atom. The van der Waals surface area contributed by atoms with Crippen molar-refractivity contribution in [3.05, 3.63) is 34.6 Å². The first-order valence-electron chi connectivity index (χ1n) is 5.37. The van der Waals surface area contributed by atoms with Gasteiger partial charge in [-0.05, 0) is 18.9 Å². The number of unbranched alkanes of at least 4 members (excludes halogenated alkanes) is 2. The van der Waals surface area contributed by atoms with Crippen molar-refractivity contribution in [1.82, 2.24) is 14.4 Å². The van der Waals surface area contributed by atoms with Crippen LogP contribution in [0.15, 0.2) is 23.3 Å². The van der Waals surface area contributed by atoms with Crippen molar-refractivity contribution < 1.29 is 0 Å². The number of fused-ring (bicyclic) bond motifs is 1. The van der Waals surface area contributed by atoms with Gasteiger partial charge < -0.3 is 4.98 Å². The molecule has 0 aliphatic rings. The largest absolute Gasteiger partial charge is 0.331 e. The minimum absolute atomic E-state index is 0.123. The van der Waals surface area contributed by atoms with E-state index in [1.807, 2.05) is 12.3 Å². The zero-order valence-corrected chi connectivity index (χ0v) is 8.86. The number of aromatic nitrogens is 3. The van der Waals surface area contributed by atoms with Crippen LogP contribution in [0.2, 0.25) is 0 Å². The summed E-state index contributed by atoms with van der Waals surface area (Å²) in [5.41, 5.74) is 1.60. The number of H-pyrrole nitrogens is 1. The van der Waals surface area contributed by atoms with Crippen LogP contribution in [0, 0.1) is 0 Å². The van der Waals surface area contributed by atoms with Crippen LogP contribution < -0.4 is 5.69 Å². The van der Waals surface area contributed by atoms with E-state index in [0.29, 0.717) is 0 Å². The smallest absolute Gasteiger partial charge is 0.314 e. The first-order valence-corrected chi connectivity index (χ1v) is 5.37. The van der Waals surface area contributed by atoms with Gasteiger partial charge >= 0.3 is 5.69 Å². The van der Waals surface area contributed by atoms with E-state index >= 15 is 0 Å². The second-order valence-electron chi connectivity index (χ2n) is 3.70. The van der Waals surface area contributed by atoms with E-state index in [1.54, 1.807) is 10.6 Å². The Labute approximate surface area is 88.0 Å². The first-order chi connectivity index (χ1) is 7.31. The number of aromatic amines is 1. The molecule has 0 saturated carbocycles. The maximum atomic E-state index is 11.4. The van der Waals surface area contributed by atoms with Crippen molar-refractivity contribution in [2.24, 2.45) is 0 Å². The first kappa shape index (κ1) is 9.96. The lowest BCUT2D eigenvalue weighted by Crippen LogP contribution is -2.13. The molecule has 0 atom stereocenters. The molecule has 0 radical (unpaired) electrons. The van der Waals surface area contributed by atoms with E-state index in [1.165, 1.54) is 12.8 Å². The summed E-state index contributed by atoms with van der Waals surface area (Å²) in [6, 6.07) is 1.81. The Morgan fingerprint density at radius 3 is 3.07 bits per heavy atom. The van der Waals surface area contributed by atoms with Gasteiger partial charge in [-0.25, -0.2) is 9.78 Å². The SMILES string of the molecule is CCCCCc1cn2c(=O)[nH]ccc2n1. The highest BCUT2D eigenvalue weighted by Gasteiger charge is 2.02. The second-order valence-corrected chi connectivity index (χ2v) is 3.70. The zero-order valence-electron chi connectivity index (χ0n) is 8.86. The van der Waals surface area contributed by atoms with Gasteiger partial charge in [0.2, 0.25) is 0 Å². The van der Waals surface area contributed by atoms with Crippen molar-refractivity contribution in [3.63, 3.8) is 0 Å². The summed E-state index contributed by atoms with van der Waals surface area (Å²) >= 11 is 0. The van der Waals surface area contributed by atoms with E-state index in [2.05, 4.69) is 16.9 Å². The molecule has 0 saturated heterocycles. The van der Waals surface area contributed by atoms with Gasteiger partial charge in [-0.1, -0.05) is 19.8 Å². The van der Waals surface area contributed by atoms with Gasteiger partial charge in [0.1, 0.15) is 5.65 Å². The molecule has 0 fully saturated rings. The van der Waals surface area contributed by atoms with Crippen LogP contribution in [-0.2, 0) is 6.42 Å². The summed E-state index contributed by atoms with van der Waals surface area (Å²) in [5, 5.41) is 0. The van der Waals surface area contributed by atoms with Crippen LogP contribution >= 0.6 is 0 Å². The predicted octanol–water partition coefficient (Wildman–Crippen LogP) is 1.76. The number of imidazole rings is 1. The van der Waals surface area contributed by atoms with E-state index in [0.717, 1.165) is 24.2 Å². The zero-order chi connectivity index (χ0) is 10.7. The van der Waals surface area contributed by atoms with Crippen LogP contribution in [0.1, 0.15) is 31.9 Å². The maximum Gasteiger partial charge on any atom is 0.331 e. The van der Waals surface area contributed by atoms with Crippen molar-refractivity contribution in [2.45, 2.75) is 32.6 Å². The molecule has 2 rings (SSSR count). The Balaban J connectivity index is 2.24. The lowest BCUT2D eigenvalue weighted by Gasteiger charge is -1.92. The molecule has 0 aromatic carbocycles. The van der Waals surface area contributed by atoms with Crippen molar-refractivity contribution in [2.75, 3.05) is 0 Å². The Bertz CT molecular complexity index is 498. The molecule has 0 bridgehead atoms. The maximum absolute atomic E-state index is 11.4. The van der Waals surface area contributed by atoms with Crippen LogP contribution in [0.5, 0.6) is 0 Å². The average Bonchev–Trinajstić information content (AvgIpc) is 2.63. The third-order valence-corrected chi connectivity index (χ3v) is 2.48. The minimum atomic E-state index is -0.123. The molecule has 4 nitrogen and oxygen atoms in total. The summed E-state index contributed by atoms with van der Waals surface area (Å²) in [5.74, 6) is 0. The molecule has 0 aliphatic carbocycles. The molecule has 0 amide bonds. The van der Waals surface area contributed by atoms with E-state index < -0.39 is 0 Å². The molecule has 0 unspecified atom stereocenters. The lowest BCUT2D eigenvalue weighted by molar-refractivity contribution is 0.709. The molecule has 1 N–H and O–H groups in total. The topological polar surface area (TPSA) is 50.2 Å². The van der Waals surface area contributed by atoms with Gasteiger partial charge in [0.25, 0.3) is 0 Å². The van der Waals surface area contributed by atoms with Crippen LogP contribution in [0.4, 0.5) is 0 Å². The fourth-order valence-electron chi connectivity index (χ4n) is 1.66. The lowest BCUT2D eigenvalue weighted by atomic mass is 10.2. The fraction of sp³-hybridized carbons (Fsp3) is 0.455. The highest BCUT2D eigenvalue weighted by molar-refractivity contribution is 5.37. The van der Waals surface area contributed by atoms with Crippen molar-refractivity contribution in [1.29, 1.82) is 0 Å². The number of rotatable bonds is 4. The Morgan fingerprint density at radius 1 is 1.47 bits per heavy atom. The van der Waals surface area contributed by atoms with E-state index in [9.17, 15) is 4.79 Å². The minimum Gasteiger partial charge on any atom is -0.314 e. The summed E-state index contributed by atoms with van der Waals surface area (Å²) in [6.45, 7) is 2.17. The molecule has 2 aromatic rings. The number of hydrogen-bond acceptors (Lipinski definition) is 2. The Hall–Kier alpha value is -1.58. The molecule has 80 valence electrons. The third-order valence-electron chi connectivity index (χ3n) is 2.48. The summed E-state index contributed by atoms with van der Waals surface area (Å²) in [6.07, 6.45) is 7.95. The average molecular weight is 205 g/mol. The van der Waals surface area contributed by atoms with Gasteiger partial charge in [0, 0.05) is 12.4 Å². The van der Waals surface area contributed by atoms with E-state index in [-0.39, 0.29) is 5.69 Å². The number of aryl methyl sites for hydroxylation is 1. The fourth-order valence-corrected chi connectivity index (χ4v) is 1.66. The van der Waals surface area contributed by atoms with Gasteiger partial charge in [0.15, 0.2) is 0 Å². The molecule has 15 heavy (non-hydrogen) atoms. The summed E-state index contributed by atoms with van der Waals surface area (Å²) in [7, 11) is 0. The number of nitrogens with one attached hydrogen (secondary N) is 1. The monoisotopic (exact) mass is 205 g/mol. The quantitative estimate of drug-likeness (QED) is 0.773. The molecular formula is C11H15N3O. The molecular weight excluding hydrogens is 190 g/mol. The van der Waals surface area contributed by atoms with Crippen LogP contribution in [0.25, 0.3) is 5.65 Å².